The SMILES string of the molecule is Cc1c2c(nc3ccc(Br)cc13)C(=O)CCC2. The molecule has 0 aliphatic heterocycles. The van der Waals surface area contributed by atoms with E-state index in [0.29, 0.717) is 12.1 Å². The first kappa shape index (κ1) is 10.9. The number of ketones is 1. The summed E-state index contributed by atoms with van der Waals surface area (Å²) in [6.45, 7) is 2.09. The lowest BCUT2D eigenvalue weighted by molar-refractivity contribution is 0.0967. The van der Waals surface area contributed by atoms with E-state index in [1.807, 2.05) is 12.1 Å². The monoisotopic (exact) mass is 289 g/mol. The Morgan fingerprint density at radius 2 is 2.12 bits per heavy atom. The van der Waals surface area contributed by atoms with Crippen LogP contribution in [-0.4, -0.2) is 10.8 Å². The Morgan fingerprint density at radius 1 is 1.29 bits per heavy atom. The second-order valence-electron chi connectivity index (χ2n) is 4.50. The number of benzene rings is 1. The summed E-state index contributed by atoms with van der Waals surface area (Å²) in [7, 11) is 0. The fourth-order valence-corrected chi connectivity index (χ4v) is 2.88. The molecule has 86 valence electrons. The van der Waals surface area contributed by atoms with Gasteiger partial charge in [-0.25, -0.2) is 4.98 Å². The van der Waals surface area contributed by atoms with Crippen molar-refractivity contribution in [3.8, 4) is 0 Å². The van der Waals surface area contributed by atoms with Crippen LogP contribution in [0.3, 0.4) is 0 Å². The van der Waals surface area contributed by atoms with Crippen LogP contribution in [0.1, 0.15) is 34.5 Å². The predicted octanol–water partition coefficient (Wildman–Crippen LogP) is 3.82. The summed E-state index contributed by atoms with van der Waals surface area (Å²) in [5, 5.41) is 1.15. The molecule has 0 saturated carbocycles. The van der Waals surface area contributed by atoms with Crippen molar-refractivity contribution in [2.45, 2.75) is 26.2 Å². The van der Waals surface area contributed by atoms with Crippen LogP contribution >= 0.6 is 15.9 Å². The number of aromatic nitrogens is 1. The molecule has 2 aromatic rings. The molecule has 0 saturated heterocycles. The average Bonchev–Trinajstić information content (AvgIpc) is 2.32. The maximum absolute atomic E-state index is 11.9. The number of Topliss-reactive ketones (excluding diaryl/α,β-unsaturated/α-hetero) is 1. The number of fused-ring (bicyclic) bond motifs is 2. The quantitative estimate of drug-likeness (QED) is 0.738. The van der Waals surface area contributed by atoms with Gasteiger partial charge in [-0.2, -0.15) is 0 Å². The number of pyridine rings is 1. The van der Waals surface area contributed by atoms with Gasteiger partial charge in [0.1, 0.15) is 5.69 Å². The Kier molecular flexibility index (Phi) is 2.51. The third-order valence-corrected chi connectivity index (χ3v) is 3.92. The molecule has 17 heavy (non-hydrogen) atoms. The molecule has 3 rings (SSSR count). The molecule has 0 amide bonds. The zero-order valence-corrected chi connectivity index (χ0v) is 11.2. The van der Waals surface area contributed by atoms with E-state index in [-0.39, 0.29) is 5.78 Å². The second kappa shape index (κ2) is 3.91. The first-order chi connectivity index (χ1) is 8.16. The molecule has 0 bridgehead atoms. The molecule has 0 spiro atoms. The number of halogens is 1. The van der Waals surface area contributed by atoms with Crippen molar-refractivity contribution in [1.82, 2.24) is 4.98 Å². The van der Waals surface area contributed by atoms with E-state index >= 15 is 0 Å². The average molecular weight is 290 g/mol. The molecule has 0 N–H and O–H groups in total. The molecule has 1 aliphatic rings. The van der Waals surface area contributed by atoms with Crippen molar-refractivity contribution in [2.75, 3.05) is 0 Å². The molecule has 0 radical (unpaired) electrons. The summed E-state index contributed by atoms with van der Waals surface area (Å²) < 4.78 is 1.05. The lowest BCUT2D eigenvalue weighted by Gasteiger charge is -2.17. The third-order valence-electron chi connectivity index (χ3n) is 3.43. The lowest BCUT2D eigenvalue weighted by Crippen LogP contribution is -2.14. The Morgan fingerprint density at radius 3 is 2.94 bits per heavy atom. The van der Waals surface area contributed by atoms with Crippen molar-refractivity contribution in [1.29, 1.82) is 0 Å². The molecule has 1 aromatic heterocycles. The van der Waals surface area contributed by atoms with Crippen molar-refractivity contribution in [2.24, 2.45) is 0 Å². The zero-order valence-electron chi connectivity index (χ0n) is 9.59. The van der Waals surface area contributed by atoms with Gasteiger partial charge in [0.25, 0.3) is 0 Å². The maximum atomic E-state index is 11.9. The van der Waals surface area contributed by atoms with Crippen LogP contribution in [0.15, 0.2) is 22.7 Å². The van der Waals surface area contributed by atoms with Crippen LogP contribution in [0.5, 0.6) is 0 Å². The molecular weight excluding hydrogens is 278 g/mol. The molecule has 0 fully saturated rings. The predicted molar refractivity (Wildman–Crippen MR) is 71.4 cm³/mol. The Balaban J connectivity index is 2.39. The van der Waals surface area contributed by atoms with Crippen molar-refractivity contribution in [3.05, 3.63) is 39.5 Å². The van der Waals surface area contributed by atoms with Gasteiger partial charge in [0.15, 0.2) is 5.78 Å². The van der Waals surface area contributed by atoms with Gasteiger partial charge in [0.2, 0.25) is 0 Å². The summed E-state index contributed by atoms with van der Waals surface area (Å²) in [4.78, 5) is 16.4. The number of carbonyl (C=O) groups excluding carboxylic acids is 1. The standard InChI is InChI=1S/C14H12BrNO/c1-8-10-3-2-4-13(17)14(10)16-12-6-5-9(15)7-11(8)12/h5-7H,2-4H2,1H3. The molecule has 1 heterocycles. The minimum Gasteiger partial charge on any atom is -0.292 e. The van der Waals surface area contributed by atoms with Gasteiger partial charge in [-0.1, -0.05) is 15.9 Å². The zero-order chi connectivity index (χ0) is 12.0. The highest BCUT2D eigenvalue weighted by atomic mass is 79.9. The summed E-state index contributed by atoms with van der Waals surface area (Å²) in [5.41, 5.74) is 3.97. The van der Waals surface area contributed by atoms with Gasteiger partial charge in [0.05, 0.1) is 5.52 Å². The van der Waals surface area contributed by atoms with Gasteiger partial charge < -0.3 is 0 Å². The number of carbonyl (C=O) groups is 1. The fraction of sp³-hybridized carbons (Fsp3) is 0.286. The number of hydrogen-bond acceptors (Lipinski definition) is 2. The topological polar surface area (TPSA) is 30.0 Å². The van der Waals surface area contributed by atoms with Crippen LogP contribution in [-0.2, 0) is 6.42 Å². The maximum Gasteiger partial charge on any atom is 0.181 e. The number of rotatable bonds is 0. The number of aryl methyl sites for hydroxylation is 1. The van der Waals surface area contributed by atoms with Crippen LogP contribution < -0.4 is 0 Å². The van der Waals surface area contributed by atoms with Gasteiger partial charge in [-0.3, -0.25) is 4.79 Å². The van der Waals surface area contributed by atoms with E-state index in [2.05, 4.69) is 33.9 Å². The highest BCUT2D eigenvalue weighted by Gasteiger charge is 2.21. The summed E-state index contributed by atoms with van der Waals surface area (Å²) in [6, 6.07) is 6.01. The van der Waals surface area contributed by atoms with E-state index in [4.69, 9.17) is 0 Å². The van der Waals surface area contributed by atoms with Gasteiger partial charge >= 0.3 is 0 Å². The van der Waals surface area contributed by atoms with Crippen molar-refractivity contribution >= 4 is 32.6 Å². The largest absolute Gasteiger partial charge is 0.292 e. The van der Waals surface area contributed by atoms with E-state index in [9.17, 15) is 4.79 Å². The van der Waals surface area contributed by atoms with E-state index in [1.54, 1.807) is 0 Å². The third kappa shape index (κ3) is 1.69. The number of hydrogen-bond donors (Lipinski definition) is 0. The Hall–Kier alpha value is -1.22. The van der Waals surface area contributed by atoms with Crippen molar-refractivity contribution < 1.29 is 4.79 Å². The summed E-state index contributed by atoms with van der Waals surface area (Å²) >= 11 is 3.48. The first-order valence-corrected chi connectivity index (χ1v) is 6.58. The molecule has 0 atom stereocenters. The normalized spacial score (nSPS) is 15.1. The first-order valence-electron chi connectivity index (χ1n) is 5.79. The molecule has 1 aromatic carbocycles. The highest BCUT2D eigenvalue weighted by Crippen LogP contribution is 2.29. The van der Waals surface area contributed by atoms with E-state index < -0.39 is 0 Å². The fourth-order valence-electron chi connectivity index (χ4n) is 2.51. The number of nitrogens with zero attached hydrogens (tertiary/aromatic N) is 1. The second-order valence-corrected chi connectivity index (χ2v) is 5.42. The van der Waals surface area contributed by atoms with Gasteiger partial charge in [-0.15, -0.1) is 0 Å². The minimum absolute atomic E-state index is 0.194. The van der Waals surface area contributed by atoms with Crippen molar-refractivity contribution in [3.63, 3.8) is 0 Å². The molecule has 1 aliphatic carbocycles. The minimum atomic E-state index is 0.194. The summed E-state index contributed by atoms with van der Waals surface area (Å²) in [6.07, 6.45) is 2.57. The van der Waals surface area contributed by atoms with Gasteiger partial charge in [-0.05, 0) is 49.1 Å². The van der Waals surface area contributed by atoms with E-state index in [0.717, 1.165) is 33.8 Å². The van der Waals surface area contributed by atoms with Crippen LogP contribution in [0.25, 0.3) is 10.9 Å². The Bertz CT molecular complexity index is 634. The van der Waals surface area contributed by atoms with Crippen LogP contribution in [0, 0.1) is 6.92 Å². The van der Waals surface area contributed by atoms with Crippen LogP contribution in [0.4, 0.5) is 0 Å². The van der Waals surface area contributed by atoms with Gasteiger partial charge in [0, 0.05) is 16.3 Å². The molecular formula is C14H12BrNO. The lowest BCUT2D eigenvalue weighted by atomic mass is 9.90. The summed E-state index contributed by atoms with van der Waals surface area (Å²) in [5.74, 6) is 0.194. The molecule has 3 heteroatoms. The van der Waals surface area contributed by atoms with E-state index in [1.165, 1.54) is 5.56 Å². The molecule has 0 unspecified atom stereocenters. The molecule has 2 nitrogen and oxygen atoms in total. The smallest absolute Gasteiger partial charge is 0.181 e. The van der Waals surface area contributed by atoms with Crippen LogP contribution in [0.2, 0.25) is 0 Å². The highest BCUT2D eigenvalue weighted by molar-refractivity contribution is 9.10. The Labute approximate surface area is 108 Å².